The zero-order valence-electron chi connectivity index (χ0n) is 19.2. The maximum absolute atomic E-state index is 5.17. The number of benzene rings is 4. The van der Waals surface area contributed by atoms with Gasteiger partial charge in [-0.05, 0) is 36.4 Å². The van der Waals surface area contributed by atoms with Crippen LogP contribution in [-0.4, -0.2) is 23.9 Å². The Morgan fingerprint density at radius 1 is 0.472 bits per heavy atom. The molecule has 0 atom stereocenters. The number of pyridine rings is 1. The first-order valence-corrected chi connectivity index (χ1v) is 12.0. The lowest BCUT2D eigenvalue weighted by molar-refractivity contribution is 1.01. The number of hydrogen-bond donors (Lipinski definition) is 0. The molecule has 5 nitrogen and oxygen atoms in total. The van der Waals surface area contributed by atoms with Crippen molar-refractivity contribution in [1.29, 1.82) is 0 Å². The van der Waals surface area contributed by atoms with Gasteiger partial charge in [-0.1, -0.05) is 78.9 Å². The monoisotopic (exact) mass is 461 g/mol. The highest BCUT2D eigenvalue weighted by Crippen LogP contribution is 2.35. The molecule has 0 N–H and O–H groups in total. The van der Waals surface area contributed by atoms with E-state index in [0.717, 1.165) is 60.8 Å². The second kappa shape index (κ2) is 7.23. The second-order valence-corrected chi connectivity index (χ2v) is 8.97. The van der Waals surface area contributed by atoms with Crippen molar-refractivity contribution >= 4 is 49.5 Å². The van der Waals surface area contributed by atoms with Crippen LogP contribution < -0.4 is 0 Å². The SMILES string of the molecule is c1ccc(-c2nc(-n3c4ccccc4c4c3ccc3nc5ccccc5n34)nc3ccccc23)cc1. The summed E-state index contributed by atoms with van der Waals surface area (Å²) in [5.41, 5.74) is 9.12. The largest absolute Gasteiger partial charge is 0.290 e. The van der Waals surface area contributed by atoms with E-state index in [2.05, 4.69) is 87.8 Å². The average Bonchev–Trinajstić information content (AvgIpc) is 3.48. The van der Waals surface area contributed by atoms with Crippen LogP contribution in [0, 0.1) is 0 Å². The van der Waals surface area contributed by atoms with Crippen molar-refractivity contribution in [3.8, 4) is 17.2 Å². The molecule has 0 aliphatic carbocycles. The van der Waals surface area contributed by atoms with Gasteiger partial charge in [-0.2, -0.15) is 0 Å². The van der Waals surface area contributed by atoms with E-state index in [-0.39, 0.29) is 0 Å². The minimum absolute atomic E-state index is 0.655. The van der Waals surface area contributed by atoms with Gasteiger partial charge in [-0.3, -0.25) is 8.97 Å². The van der Waals surface area contributed by atoms with Crippen molar-refractivity contribution in [1.82, 2.24) is 23.9 Å². The van der Waals surface area contributed by atoms with E-state index in [0.29, 0.717) is 5.95 Å². The zero-order valence-corrected chi connectivity index (χ0v) is 19.2. The van der Waals surface area contributed by atoms with Gasteiger partial charge < -0.3 is 0 Å². The van der Waals surface area contributed by atoms with Gasteiger partial charge in [0.1, 0.15) is 5.65 Å². The van der Waals surface area contributed by atoms with Crippen molar-refractivity contribution in [3.63, 3.8) is 0 Å². The predicted molar refractivity (Wildman–Crippen MR) is 146 cm³/mol. The Bertz CT molecular complexity index is 2100. The van der Waals surface area contributed by atoms with E-state index in [9.17, 15) is 0 Å². The molecule has 4 aromatic heterocycles. The molecule has 168 valence electrons. The van der Waals surface area contributed by atoms with Gasteiger partial charge in [0.05, 0.1) is 38.8 Å². The lowest BCUT2D eigenvalue weighted by atomic mass is 10.1. The summed E-state index contributed by atoms with van der Waals surface area (Å²) in [7, 11) is 0. The molecule has 36 heavy (non-hydrogen) atoms. The third kappa shape index (κ3) is 2.62. The van der Waals surface area contributed by atoms with E-state index in [4.69, 9.17) is 15.0 Å². The molecule has 0 aliphatic rings. The Labute approximate surface area is 205 Å². The number of rotatable bonds is 2. The van der Waals surface area contributed by atoms with Gasteiger partial charge in [0, 0.05) is 16.3 Å². The summed E-state index contributed by atoms with van der Waals surface area (Å²) in [4.78, 5) is 15.1. The minimum atomic E-state index is 0.655. The van der Waals surface area contributed by atoms with Crippen LogP contribution in [0.2, 0.25) is 0 Å². The summed E-state index contributed by atoms with van der Waals surface area (Å²) in [6.45, 7) is 0. The normalized spacial score (nSPS) is 11.9. The van der Waals surface area contributed by atoms with Gasteiger partial charge >= 0.3 is 0 Å². The molecule has 0 amide bonds. The lowest BCUT2D eigenvalue weighted by Crippen LogP contribution is -2.03. The molecule has 8 aromatic rings. The molecule has 4 aromatic carbocycles. The van der Waals surface area contributed by atoms with Crippen LogP contribution in [0.15, 0.2) is 115 Å². The van der Waals surface area contributed by atoms with Gasteiger partial charge in [0.25, 0.3) is 0 Å². The summed E-state index contributed by atoms with van der Waals surface area (Å²) < 4.78 is 4.43. The zero-order chi connectivity index (χ0) is 23.6. The Hall–Kier alpha value is -5.03. The fourth-order valence-corrected chi connectivity index (χ4v) is 5.37. The Balaban J connectivity index is 1.55. The average molecular weight is 462 g/mol. The van der Waals surface area contributed by atoms with E-state index < -0.39 is 0 Å². The molecule has 0 fully saturated rings. The van der Waals surface area contributed by atoms with Crippen LogP contribution in [0.1, 0.15) is 0 Å². The van der Waals surface area contributed by atoms with E-state index in [1.54, 1.807) is 0 Å². The molecule has 0 spiro atoms. The molecule has 0 bridgehead atoms. The van der Waals surface area contributed by atoms with Crippen molar-refractivity contribution < 1.29 is 0 Å². The van der Waals surface area contributed by atoms with Crippen molar-refractivity contribution in [2.75, 3.05) is 0 Å². The highest BCUT2D eigenvalue weighted by molar-refractivity contribution is 6.09. The fourth-order valence-electron chi connectivity index (χ4n) is 5.37. The Kier molecular flexibility index (Phi) is 3.88. The van der Waals surface area contributed by atoms with Crippen LogP contribution in [0.5, 0.6) is 0 Å². The standard InChI is InChI=1S/C31H19N5/c1-2-10-20(11-3-1)29-21-12-4-6-14-23(21)33-31(34-29)35-25-16-8-5-13-22(25)30-27(35)18-19-28-32-24-15-7-9-17-26(24)36(28)30/h1-19H. The molecule has 0 saturated carbocycles. The van der Waals surface area contributed by atoms with Crippen LogP contribution in [0.25, 0.3) is 66.7 Å². The quantitative estimate of drug-likeness (QED) is 0.274. The van der Waals surface area contributed by atoms with Crippen molar-refractivity contribution in [3.05, 3.63) is 115 Å². The van der Waals surface area contributed by atoms with Crippen molar-refractivity contribution in [2.45, 2.75) is 0 Å². The van der Waals surface area contributed by atoms with E-state index in [1.807, 2.05) is 36.4 Å². The summed E-state index contributed by atoms with van der Waals surface area (Å²) in [6, 6.07) is 39.5. The molecular weight excluding hydrogens is 442 g/mol. The highest BCUT2D eigenvalue weighted by Gasteiger charge is 2.19. The maximum atomic E-state index is 5.17. The van der Waals surface area contributed by atoms with E-state index >= 15 is 0 Å². The summed E-state index contributed by atoms with van der Waals surface area (Å²) in [5.74, 6) is 0.655. The van der Waals surface area contributed by atoms with Gasteiger partial charge in [-0.25, -0.2) is 15.0 Å². The molecule has 8 rings (SSSR count). The summed E-state index contributed by atoms with van der Waals surface area (Å²) in [6.07, 6.45) is 0. The Morgan fingerprint density at radius 3 is 2.03 bits per heavy atom. The van der Waals surface area contributed by atoms with Crippen LogP contribution in [0.3, 0.4) is 0 Å². The highest BCUT2D eigenvalue weighted by atomic mass is 15.2. The first-order valence-electron chi connectivity index (χ1n) is 12.0. The predicted octanol–water partition coefficient (Wildman–Crippen LogP) is 7.19. The van der Waals surface area contributed by atoms with E-state index in [1.165, 1.54) is 0 Å². The smallest absolute Gasteiger partial charge is 0.235 e. The second-order valence-electron chi connectivity index (χ2n) is 8.97. The number of fused-ring (bicyclic) bond motifs is 8. The van der Waals surface area contributed by atoms with Crippen LogP contribution >= 0.6 is 0 Å². The third-order valence-corrected chi connectivity index (χ3v) is 6.92. The maximum Gasteiger partial charge on any atom is 0.235 e. The molecule has 0 saturated heterocycles. The molecule has 0 radical (unpaired) electrons. The fraction of sp³-hybridized carbons (Fsp3) is 0. The summed E-state index contributed by atoms with van der Waals surface area (Å²) in [5, 5.41) is 2.18. The number of imidazole rings is 1. The van der Waals surface area contributed by atoms with Crippen LogP contribution in [0.4, 0.5) is 0 Å². The minimum Gasteiger partial charge on any atom is -0.290 e. The molecule has 5 heteroatoms. The number of hydrogen-bond acceptors (Lipinski definition) is 3. The Morgan fingerprint density at radius 2 is 1.17 bits per heavy atom. The first-order chi connectivity index (χ1) is 17.9. The number of nitrogens with zero attached hydrogens (tertiary/aromatic N) is 5. The van der Waals surface area contributed by atoms with Gasteiger partial charge in [-0.15, -0.1) is 0 Å². The lowest BCUT2D eigenvalue weighted by Gasteiger charge is -2.11. The number of aromatic nitrogens is 5. The first kappa shape index (κ1) is 19.3. The van der Waals surface area contributed by atoms with Gasteiger partial charge in [0.15, 0.2) is 0 Å². The van der Waals surface area contributed by atoms with Crippen molar-refractivity contribution in [2.24, 2.45) is 0 Å². The number of para-hydroxylation sites is 4. The summed E-state index contributed by atoms with van der Waals surface area (Å²) >= 11 is 0. The third-order valence-electron chi connectivity index (χ3n) is 6.92. The molecule has 4 heterocycles. The topological polar surface area (TPSA) is 48.0 Å². The molecule has 0 aliphatic heterocycles. The molecular formula is C31H19N5. The molecule has 0 unspecified atom stereocenters. The van der Waals surface area contributed by atoms with Gasteiger partial charge in [0.2, 0.25) is 5.95 Å². The van der Waals surface area contributed by atoms with Crippen LogP contribution in [-0.2, 0) is 0 Å².